The Morgan fingerprint density at radius 3 is 2.30 bits per heavy atom. The van der Waals surface area contributed by atoms with Gasteiger partial charge >= 0.3 is 11.9 Å². The highest BCUT2D eigenvalue weighted by molar-refractivity contribution is 5.91. The molecule has 0 aliphatic carbocycles. The molecule has 0 N–H and O–H groups in total. The van der Waals surface area contributed by atoms with Crippen molar-refractivity contribution >= 4 is 11.9 Å². The lowest BCUT2D eigenvalue weighted by Crippen LogP contribution is -2.14. The van der Waals surface area contributed by atoms with Gasteiger partial charge in [0.1, 0.15) is 0 Å². The van der Waals surface area contributed by atoms with Crippen LogP contribution in [0.4, 0.5) is 0 Å². The lowest BCUT2D eigenvalue weighted by Gasteiger charge is -2.17. The van der Waals surface area contributed by atoms with E-state index in [0.717, 1.165) is 12.0 Å². The molecule has 1 unspecified atom stereocenters. The van der Waals surface area contributed by atoms with Gasteiger partial charge in [-0.15, -0.1) is 0 Å². The second-order valence-corrected chi connectivity index (χ2v) is 4.42. The average molecular weight is 278 g/mol. The fourth-order valence-electron chi connectivity index (χ4n) is 2.14. The zero-order chi connectivity index (χ0) is 15.0. The van der Waals surface area contributed by atoms with Crippen LogP contribution in [-0.4, -0.2) is 25.2 Å². The topological polar surface area (TPSA) is 52.6 Å². The number of hydrogen-bond donors (Lipinski definition) is 0. The van der Waals surface area contributed by atoms with E-state index in [4.69, 9.17) is 9.47 Å². The number of carbonyl (C=O) groups excluding carboxylic acids is 2. The molecule has 110 valence electrons. The molecular weight excluding hydrogens is 256 g/mol. The largest absolute Gasteiger partial charge is 0.466 e. The lowest BCUT2D eigenvalue weighted by atomic mass is 9.89. The maximum Gasteiger partial charge on any atom is 0.338 e. The number of hydrogen-bond acceptors (Lipinski definition) is 4. The Morgan fingerprint density at radius 2 is 1.70 bits per heavy atom. The Kier molecular flexibility index (Phi) is 6.77. The van der Waals surface area contributed by atoms with Crippen molar-refractivity contribution in [3.63, 3.8) is 0 Å². The van der Waals surface area contributed by atoms with E-state index in [0.29, 0.717) is 18.8 Å². The number of esters is 2. The predicted octanol–water partition coefficient (Wildman–Crippen LogP) is 3.31. The van der Waals surface area contributed by atoms with Crippen molar-refractivity contribution < 1.29 is 19.1 Å². The van der Waals surface area contributed by atoms with Crippen molar-refractivity contribution in [1.29, 1.82) is 0 Å². The maximum atomic E-state index is 12.0. The zero-order valence-corrected chi connectivity index (χ0v) is 12.3. The summed E-state index contributed by atoms with van der Waals surface area (Å²) in [5.74, 6) is -0.613. The second-order valence-electron chi connectivity index (χ2n) is 4.42. The van der Waals surface area contributed by atoms with Gasteiger partial charge in [-0.2, -0.15) is 0 Å². The molecule has 20 heavy (non-hydrogen) atoms. The minimum atomic E-state index is -0.342. The van der Waals surface area contributed by atoms with Gasteiger partial charge in [-0.3, -0.25) is 4.79 Å². The molecule has 0 radical (unpaired) electrons. The van der Waals surface area contributed by atoms with Crippen molar-refractivity contribution in [3.05, 3.63) is 35.4 Å². The Bertz CT molecular complexity index is 454. The molecule has 1 aromatic rings. The average Bonchev–Trinajstić information content (AvgIpc) is 2.45. The molecule has 1 aromatic carbocycles. The predicted molar refractivity (Wildman–Crippen MR) is 76.7 cm³/mol. The van der Waals surface area contributed by atoms with Gasteiger partial charge in [0.15, 0.2) is 0 Å². The molecule has 0 heterocycles. The summed E-state index contributed by atoms with van der Waals surface area (Å²) >= 11 is 0. The third-order valence-electron chi connectivity index (χ3n) is 3.11. The Hall–Kier alpha value is -1.84. The molecule has 0 fully saturated rings. The van der Waals surface area contributed by atoms with E-state index in [1.807, 2.05) is 19.1 Å². The fourth-order valence-corrected chi connectivity index (χ4v) is 2.14. The SMILES string of the molecule is CCOC(=O)CC(CC)c1ccccc1C(=O)OCC. The van der Waals surface area contributed by atoms with Gasteiger partial charge in [0.25, 0.3) is 0 Å². The fraction of sp³-hybridized carbons (Fsp3) is 0.500. The third-order valence-corrected chi connectivity index (χ3v) is 3.11. The number of ether oxygens (including phenoxy) is 2. The minimum absolute atomic E-state index is 0.0327. The molecular formula is C16H22O4. The van der Waals surface area contributed by atoms with Crippen LogP contribution in [0.2, 0.25) is 0 Å². The van der Waals surface area contributed by atoms with Crippen LogP contribution in [0.3, 0.4) is 0 Å². The number of carbonyl (C=O) groups is 2. The van der Waals surface area contributed by atoms with Crippen LogP contribution < -0.4 is 0 Å². The molecule has 0 amide bonds. The standard InChI is InChI=1S/C16H22O4/c1-4-12(11-15(17)19-5-2)13-9-7-8-10-14(13)16(18)20-6-3/h7-10,12H,4-6,11H2,1-3H3. The van der Waals surface area contributed by atoms with Crippen LogP contribution in [0.25, 0.3) is 0 Å². The summed E-state index contributed by atoms with van der Waals surface area (Å²) in [6.07, 6.45) is 1.04. The van der Waals surface area contributed by atoms with E-state index in [1.54, 1.807) is 26.0 Å². The molecule has 1 rings (SSSR count). The van der Waals surface area contributed by atoms with E-state index in [-0.39, 0.29) is 24.3 Å². The van der Waals surface area contributed by atoms with Gasteiger partial charge in [-0.25, -0.2) is 4.79 Å². The van der Waals surface area contributed by atoms with E-state index in [1.165, 1.54) is 0 Å². The molecule has 1 atom stereocenters. The lowest BCUT2D eigenvalue weighted by molar-refractivity contribution is -0.143. The second kappa shape index (κ2) is 8.35. The van der Waals surface area contributed by atoms with E-state index in [9.17, 15) is 9.59 Å². The van der Waals surface area contributed by atoms with Gasteiger partial charge < -0.3 is 9.47 Å². The zero-order valence-electron chi connectivity index (χ0n) is 12.3. The van der Waals surface area contributed by atoms with Crippen molar-refractivity contribution in [2.45, 2.75) is 39.5 Å². The van der Waals surface area contributed by atoms with Crippen LogP contribution in [0.5, 0.6) is 0 Å². The molecule has 0 saturated carbocycles. The molecule has 0 bridgehead atoms. The van der Waals surface area contributed by atoms with Gasteiger partial charge in [0, 0.05) is 0 Å². The van der Waals surface area contributed by atoms with Crippen LogP contribution >= 0.6 is 0 Å². The minimum Gasteiger partial charge on any atom is -0.466 e. The number of benzene rings is 1. The summed E-state index contributed by atoms with van der Waals surface area (Å²) in [5.41, 5.74) is 1.38. The van der Waals surface area contributed by atoms with Crippen LogP contribution in [0.1, 0.15) is 55.5 Å². The first-order valence-corrected chi connectivity index (χ1v) is 7.05. The van der Waals surface area contributed by atoms with Crippen molar-refractivity contribution in [1.82, 2.24) is 0 Å². The maximum absolute atomic E-state index is 12.0. The Morgan fingerprint density at radius 1 is 1.05 bits per heavy atom. The van der Waals surface area contributed by atoms with E-state index >= 15 is 0 Å². The van der Waals surface area contributed by atoms with E-state index in [2.05, 4.69) is 0 Å². The first kappa shape index (κ1) is 16.2. The molecule has 0 spiro atoms. The normalized spacial score (nSPS) is 11.8. The first-order valence-electron chi connectivity index (χ1n) is 7.05. The highest BCUT2D eigenvalue weighted by atomic mass is 16.5. The van der Waals surface area contributed by atoms with Crippen molar-refractivity contribution in [2.75, 3.05) is 13.2 Å². The van der Waals surface area contributed by atoms with Crippen molar-refractivity contribution in [2.24, 2.45) is 0 Å². The summed E-state index contributed by atoms with van der Waals surface area (Å²) in [5, 5.41) is 0. The summed E-state index contributed by atoms with van der Waals surface area (Å²) in [7, 11) is 0. The third kappa shape index (κ3) is 4.37. The molecule has 0 aliphatic heterocycles. The Balaban J connectivity index is 2.97. The van der Waals surface area contributed by atoms with Gasteiger partial charge in [-0.1, -0.05) is 25.1 Å². The van der Waals surface area contributed by atoms with Crippen LogP contribution in [0, 0.1) is 0 Å². The van der Waals surface area contributed by atoms with Crippen LogP contribution in [0.15, 0.2) is 24.3 Å². The quantitative estimate of drug-likeness (QED) is 0.718. The molecule has 0 saturated heterocycles. The van der Waals surface area contributed by atoms with E-state index < -0.39 is 0 Å². The summed E-state index contributed by atoms with van der Waals surface area (Å²) in [6.45, 7) is 6.25. The molecule has 0 aliphatic rings. The monoisotopic (exact) mass is 278 g/mol. The molecule has 4 heteroatoms. The van der Waals surface area contributed by atoms with Gasteiger partial charge in [0.05, 0.1) is 25.2 Å². The van der Waals surface area contributed by atoms with Gasteiger partial charge in [-0.05, 0) is 37.8 Å². The smallest absolute Gasteiger partial charge is 0.338 e. The summed E-state index contributed by atoms with van der Waals surface area (Å²) < 4.78 is 10.0. The highest BCUT2D eigenvalue weighted by Crippen LogP contribution is 2.27. The highest BCUT2D eigenvalue weighted by Gasteiger charge is 2.21. The Labute approximate surface area is 120 Å². The molecule has 0 aromatic heterocycles. The number of rotatable bonds is 7. The van der Waals surface area contributed by atoms with Gasteiger partial charge in [0.2, 0.25) is 0 Å². The summed E-state index contributed by atoms with van der Waals surface area (Å²) in [6, 6.07) is 7.28. The van der Waals surface area contributed by atoms with Crippen molar-refractivity contribution in [3.8, 4) is 0 Å². The first-order chi connectivity index (χ1) is 9.63. The molecule has 4 nitrogen and oxygen atoms in total. The van der Waals surface area contributed by atoms with Crippen LogP contribution in [-0.2, 0) is 14.3 Å². The summed E-state index contributed by atoms with van der Waals surface area (Å²) in [4.78, 5) is 23.6.